The summed E-state index contributed by atoms with van der Waals surface area (Å²) in [6, 6.07) is 2.07. The normalized spacial score (nSPS) is 28.2. The van der Waals surface area contributed by atoms with Crippen molar-refractivity contribution >= 4 is 11.3 Å². The molecule has 0 bridgehead atoms. The average molecular weight is 254 g/mol. The molecule has 3 heteroatoms. The molecule has 2 atom stereocenters. The van der Waals surface area contributed by atoms with Crippen molar-refractivity contribution in [1.29, 1.82) is 0 Å². The van der Waals surface area contributed by atoms with Gasteiger partial charge < -0.3 is 9.84 Å². The minimum Gasteiger partial charge on any atom is -0.387 e. The maximum atomic E-state index is 10.6. The molecule has 1 aromatic heterocycles. The first kappa shape index (κ1) is 13.1. The molecule has 1 fully saturated rings. The van der Waals surface area contributed by atoms with Gasteiger partial charge in [0.25, 0.3) is 0 Å². The van der Waals surface area contributed by atoms with Gasteiger partial charge in [-0.05, 0) is 58.0 Å². The number of thiophene rings is 1. The summed E-state index contributed by atoms with van der Waals surface area (Å²) in [5.41, 5.74) is 0.780. The highest BCUT2D eigenvalue weighted by molar-refractivity contribution is 7.10. The number of rotatable bonds is 2. The molecule has 1 aliphatic heterocycles. The summed E-state index contributed by atoms with van der Waals surface area (Å²) in [5, 5.41) is 12.6. The highest BCUT2D eigenvalue weighted by atomic mass is 32.1. The van der Waals surface area contributed by atoms with Crippen molar-refractivity contribution in [3.63, 3.8) is 0 Å². The third-order valence-electron chi connectivity index (χ3n) is 3.70. The van der Waals surface area contributed by atoms with Crippen LogP contribution in [0.25, 0.3) is 0 Å². The highest BCUT2D eigenvalue weighted by Crippen LogP contribution is 2.48. The van der Waals surface area contributed by atoms with Crippen LogP contribution in [0.5, 0.6) is 0 Å². The Morgan fingerprint density at radius 1 is 1.41 bits per heavy atom. The number of hydrogen-bond donors (Lipinski definition) is 1. The van der Waals surface area contributed by atoms with Crippen molar-refractivity contribution in [3.05, 3.63) is 21.9 Å². The van der Waals surface area contributed by atoms with Gasteiger partial charge in [-0.3, -0.25) is 0 Å². The van der Waals surface area contributed by atoms with Crippen LogP contribution in [0.1, 0.15) is 50.7 Å². The average Bonchev–Trinajstić information content (AvgIpc) is 2.66. The van der Waals surface area contributed by atoms with Gasteiger partial charge in [-0.1, -0.05) is 0 Å². The molecule has 17 heavy (non-hydrogen) atoms. The first-order valence-corrected chi connectivity index (χ1v) is 7.03. The molecule has 2 heterocycles. The lowest BCUT2D eigenvalue weighted by molar-refractivity contribution is -0.0877. The second-order valence-electron chi connectivity index (χ2n) is 6.19. The molecule has 0 spiro atoms. The molecule has 0 radical (unpaired) electrons. The number of hydrogen-bond acceptors (Lipinski definition) is 3. The van der Waals surface area contributed by atoms with E-state index in [2.05, 4.69) is 40.7 Å². The predicted molar refractivity (Wildman–Crippen MR) is 71.4 cm³/mol. The van der Waals surface area contributed by atoms with Crippen molar-refractivity contribution in [2.45, 2.75) is 58.3 Å². The molecular weight excluding hydrogens is 232 g/mol. The second kappa shape index (κ2) is 4.08. The van der Waals surface area contributed by atoms with Crippen LogP contribution in [0.2, 0.25) is 0 Å². The van der Waals surface area contributed by atoms with E-state index in [1.807, 2.05) is 5.38 Å². The first-order valence-electron chi connectivity index (χ1n) is 6.15. The second-order valence-corrected chi connectivity index (χ2v) is 7.14. The molecule has 1 saturated heterocycles. The Hall–Kier alpha value is -0.380. The quantitative estimate of drug-likeness (QED) is 0.872. The standard InChI is InChI=1S/C14H22O2S/c1-9-6-7-17-12(9)11(15)10-8-13(2,3)16-14(10,4)5/h6-7,10-11,15H,8H2,1-5H3. The monoisotopic (exact) mass is 254 g/mol. The summed E-state index contributed by atoms with van der Waals surface area (Å²) in [6.45, 7) is 10.4. The summed E-state index contributed by atoms with van der Waals surface area (Å²) in [4.78, 5) is 1.09. The Balaban J connectivity index is 2.26. The largest absolute Gasteiger partial charge is 0.387 e. The van der Waals surface area contributed by atoms with Crippen molar-refractivity contribution in [1.82, 2.24) is 0 Å². The summed E-state index contributed by atoms with van der Waals surface area (Å²) < 4.78 is 6.05. The van der Waals surface area contributed by atoms with Crippen molar-refractivity contribution < 1.29 is 9.84 Å². The number of aryl methyl sites for hydroxylation is 1. The van der Waals surface area contributed by atoms with Gasteiger partial charge in [0.2, 0.25) is 0 Å². The molecule has 96 valence electrons. The van der Waals surface area contributed by atoms with Crippen molar-refractivity contribution in [2.24, 2.45) is 5.92 Å². The maximum Gasteiger partial charge on any atom is 0.0941 e. The van der Waals surface area contributed by atoms with E-state index in [9.17, 15) is 5.11 Å². The summed E-state index contributed by atoms with van der Waals surface area (Å²) >= 11 is 1.64. The predicted octanol–water partition coefficient (Wildman–Crippen LogP) is 3.68. The Labute approximate surface area is 108 Å². The van der Waals surface area contributed by atoms with Crippen molar-refractivity contribution in [2.75, 3.05) is 0 Å². The van der Waals surface area contributed by atoms with E-state index in [4.69, 9.17) is 4.74 Å². The van der Waals surface area contributed by atoms with Crippen LogP contribution in [0.15, 0.2) is 11.4 Å². The molecule has 2 unspecified atom stereocenters. The lowest BCUT2D eigenvalue weighted by atomic mass is 9.82. The molecular formula is C14H22O2S. The van der Waals surface area contributed by atoms with Gasteiger partial charge in [-0.25, -0.2) is 0 Å². The van der Waals surface area contributed by atoms with Gasteiger partial charge in [-0.2, -0.15) is 0 Å². The van der Waals surface area contributed by atoms with E-state index in [-0.39, 0.29) is 17.1 Å². The zero-order valence-corrected chi connectivity index (χ0v) is 12.1. The lowest BCUT2D eigenvalue weighted by Gasteiger charge is -2.30. The van der Waals surface area contributed by atoms with Gasteiger partial charge in [0.1, 0.15) is 0 Å². The molecule has 2 rings (SSSR count). The van der Waals surface area contributed by atoms with Crippen LogP contribution in [-0.2, 0) is 4.74 Å². The molecule has 0 aliphatic carbocycles. The topological polar surface area (TPSA) is 29.5 Å². The van der Waals surface area contributed by atoms with Crippen LogP contribution < -0.4 is 0 Å². The minimum atomic E-state index is -0.410. The number of ether oxygens (including phenoxy) is 1. The first-order chi connectivity index (χ1) is 7.73. The Morgan fingerprint density at radius 3 is 2.47 bits per heavy atom. The summed E-state index contributed by atoms with van der Waals surface area (Å²) in [6.07, 6.45) is 0.491. The van der Waals surface area contributed by atoms with Crippen LogP contribution >= 0.6 is 11.3 Å². The van der Waals surface area contributed by atoms with E-state index in [0.29, 0.717) is 0 Å². The molecule has 2 nitrogen and oxygen atoms in total. The van der Waals surface area contributed by atoms with E-state index >= 15 is 0 Å². The van der Waals surface area contributed by atoms with E-state index in [1.165, 1.54) is 5.56 Å². The third kappa shape index (κ3) is 2.42. The van der Waals surface area contributed by atoms with Gasteiger partial charge in [0.15, 0.2) is 0 Å². The molecule has 1 aliphatic rings. The molecule has 0 aromatic carbocycles. The van der Waals surface area contributed by atoms with Crippen molar-refractivity contribution in [3.8, 4) is 0 Å². The molecule has 1 aromatic rings. The zero-order valence-electron chi connectivity index (χ0n) is 11.3. The Kier molecular flexibility index (Phi) is 3.13. The van der Waals surface area contributed by atoms with Gasteiger partial charge in [0.05, 0.1) is 17.3 Å². The SMILES string of the molecule is Cc1ccsc1C(O)C1CC(C)(C)OC1(C)C. The van der Waals surface area contributed by atoms with Gasteiger partial charge >= 0.3 is 0 Å². The third-order valence-corrected chi connectivity index (χ3v) is 4.78. The summed E-state index contributed by atoms with van der Waals surface area (Å²) in [7, 11) is 0. The maximum absolute atomic E-state index is 10.6. The highest BCUT2D eigenvalue weighted by Gasteiger charge is 2.49. The zero-order chi connectivity index (χ0) is 12.8. The fourth-order valence-electron chi connectivity index (χ4n) is 2.97. The molecule has 1 N–H and O–H groups in total. The number of aliphatic hydroxyl groups excluding tert-OH is 1. The fourth-order valence-corrected chi connectivity index (χ4v) is 3.94. The minimum absolute atomic E-state index is 0.139. The van der Waals surface area contributed by atoms with Crippen LogP contribution in [-0.4, -0.2) is 16.3 Å². The van der Waals surface area contributed by atoms with E-state index in [1.54, 1.807) is 11.3 Å². The van der Waals surface area contributed by atoms with E-state index < -0.39 is 6.10 Å². The lowest BCUT2D eigenvalue weighted by Crippen LogP contribution is -2.32. The summed E-state index contributed by atoms with van der Waals surface area (Å²) in [5.74, 6) is 0.162. The Morgan fingerprint density at radius 2 is 2.06 bits per heavy atom. The molecule has 0 amide bonds. The van der Waals surface area contributed by atoms with Crippen LogP contribution in [0.3, 0.4) is 0 Å². The number of aliphatic hydroxyl groups is 1. The smallest absolute Gasteiger partial charge is 0.0941 e. The van der Waals surface area contributed by atoms with Crippen LogP contribution in [0.4, 0.5) is 0 Å². The Bertz CT molecular complexity index is 406. The van der Waals surface area contributed by atoms with Gasteiger partial charge in [-0.15, -0.1) is 11.3 Å². The fraction of sp³-hybridized carbons (Fsp3) is 0.714. The van der Waals surface area contributed by atoms with Gasteiger partial charge in [0, 0.05) is 10.8 Å². The van der Waals surface area contributed by atoms with E-state index in [0.717, 1.165) is 11.3 Å². The molecule has 0 saturated carbocycles. The van der Waals surface area contributed by atoms with Crippen LogP contribution in [0, 0.1) is 12.8 Å².